The SMILES string of the molecule is CCCc1nnc(NC(=O)CSc2nnc(-c3ccco3)n2CC)s1. The average molecular weight is 378 g/mol. The number of hydrogen-bond donors (Lipinski definition) is 1. The zero-order valence-corrected chi connectivity index (χ0v) is 15.6. The number of carbonyl (C=O) groups excluding carboxylic acids is 1. The standard InChI is InChI=1S/C15H18N6O2S2/c1-3-6-12-17-19-14(25-12)16-11(22)9-24-15-20-18-13(21(15)4-2)10-7-5-8-23-10/h5,7-8H,3-4,6,9H2,1-2H3,(H,16,19,22). The molecule has 0 saturated heterocycles. The monoisotopic (exact) mass is 378 g/mol. The summed E-state index contributed by atoms with van der Waals surface area (Å²) in [5.74, 6) is 1.39. The van der Waals surface area contributed by atoms with Gasteiger partial charge in [-0.3, -0.25) is 14.7 Å². The van der Waals surface area contributed by atoms with Crippen LogP contribution in [0.15, 0.2) is 28.0 Å². The van der Waals surface area contributed by atoms with E-state index in [4.69, 9.17) is 4.42 Å². The van der Waals surface area contributed by atoms with E-state index in [2.05, 4.69) is 32.6 Å². The van der Waals surface area contributed by atoms with Crippen LogP contribution in [0, 0.1) is 0 Å². The van der Waals surface area contributed by atoms with Crippen molar-refractivity contribution in [3.63, 3.8) is 0 Å². The maximum Gasteiger partial charge on any atom is 0.236 e. The van der Waals surface area contributed by atoms with Crippen LogP contribution in [0.5, 0.6) is 0 Å². The molecule has 25 heavy (non-hydrogen) atoms. The Balaban J connectivity index is 1.60. The fraction of sp³-hybridized carbons (Fsp3) is 0.400. The van der Waals surface area contributed by atoms with Crippen molar-refractivity contribution >= 4 is 34.1 Å². The summed E-state index contributed by atoms with van der Waals surface area (Å²) in [4.78, 5) is 12.1. The summed E-state index contributed by atoms with van der Waals surface area (Å²) in [5.41, 5.74) is 0. The molecular formula is C15H18N6O2S2. The lowest BCUT2D eigenvalue weighted by Crippen LogP contribution is -2.14. The highest BCUT2D eigenvalue weighted by atomic mass is 32.2. The van der Waals surface area contributed by atoms with Gasteiger partial charge in [-0.2, -0.15) is 0 Å². The Morgan fingerprint density at radius 2 is 2.20 bits per heavy atom. The van der Waals surface area contributed by atoms with Crippen molar-refractivity contribution in [3.8, 4) is 11.6 Å². The van der Waals surface area contributed by atoms with Gasteiger partial charge in [0.05, 0.1) is 12.0 Å². The molecule has 0 unspecified atom stereocenters. The predicted molar refractivity (Wildman–Crippen MR) is 96.7 cm³/mol. The summed E-state index contributed by atoms with van der Waals surface area (Å²) >= 11 is 2.73. The van der Waals surface area contributed by atoms with Crippen LogP contribution < -0.4 is 5.32 Å². The van der Waals surface area contributed by atoms with E-state index in [1.807, 2.05) is 17.6 Å². The number of rotatable bonds is 8. The van der Waals surface area contributed by atoms with E-state index in [1.54, 1.807) is 12.3 Å². The Bertz CT molecular complexity index is 827. The first-order valence-electron chi connectivity index (χ1n) is 7.93. The maximum absolute atomic E-state index is 12.1. The molecule has 1 N–H and O–H groups in total. The summed E-state index contributed by atoms with van der Waals surface area (Å²) < 4.78 is 7.29. The van der Waals surface area contributed by atoms with Crippen LogP contribution in [0.4, 0.5) is 5.13 Å². The highest BCUT2D eigenvalue weighted by Gasteiger charge is 2.16. The maximum atomic E-state index is 12.1. The lowest BCUT2D eigenvalue weighted by Gasteiger charge is -2.05. The van der Waals surface area contributed by atoms with Gasteiger partial charge in [-0.05, 0) is 25.5 Å². The molecular weight excluding hydrogens is 360 g/mol. The van der Waals surface area contributed by atoms with Gasteiger partial charge < -0.3 is 4.42 Å². The Morgan fingerprint density at radius 3 is 2.92 bits per heavy atom. The molecule has 132 valence electrons. The lowest BCUT2D eigenvalue weighted by atomic mass is 10.4. The van der Waals surface area contributed by atoms with E-state index >= 15 is 0 Å². The molecule has 3 rings (SSSR count). The van der Waals surface area contributed by atoms with Crippen LogP contribution in [0.3, 0.4) is 0 Å². The topological polar surface area (TPSA) is 98.7 Å². The van der Waals surface area contributed by atoms with Gasteiger partial charge in [0, 0.05) is 13.0 Å². The highest BCUT2D eigenvalue weighted by molar-refractivity contribution is 7.99. The van der Waals surface area contributed by atoms with E-state index < -0.39 is 0 Å². The molecule has 0 aliphatic carbocycles. The molecule has 0 aromatic carbocycles. The third-order valence-corrected chi connectivity index (χ3v) is 5.15. The molecule has 0 aliphatic heterocycles. The third kappa shape index (κ3) is 4.26. The molecule has 0 atom stereocenters. The number of anilines is 1. The van der Waals surface area contributed by atoms with E-state index in [0.29, 0.717) is 28.4 Å². The van der Waals surface area contributed by atoms with Crippen LogP contribution >= 0.6 is 23.1 Å². The smallest absolute Gasteiger partial charge is 0.236 e. The van der Waals surface area contributed by atoms with Crippen LogP contribution in [-0.4, -0.2) is 36.6 Å². The molecule has 0 saturated carbocycles. The molecule has 10 heteroatoms. The van der Waals surface area contributed by atoms with Gasteiger partial charge in [0.15, 0.2) is 16.7 Å². The zero-order valence-electron chi connectivity index (χ0n) is 13.9. The van der Waals surface area contributed by atoms with Crippen molar-refractivity contribution in [1.82, 2.24) is 25.0 Å². The minimum atomic E-state index is -0.144. The number of nitrogens with one attached hydrogen (secondary N) is 1. The first kappa shape index (κ1) is 17.6. The van der Waals surface area contributed by atoms with Crippen LogP contribution in [0.1, 0.15) is 25.3 Å². The van der Waals surface area contributed by atoms with Gasteiger partial charge >= 0.3 is 0 Å². The molecule has 0 bridgehead atoms. The van der Waals surface area contributed by atoms with Gasteiger partial charge in [-0.1, -0.05) is 30.0 Å². The second kappa shape index (κ2) is 8.26. The Hall–Kier alpha value is -2.20. The summed E-state index contributed by atoms with van der Waals surface area (Å²) in [6, 6.07) is 3.64. The van der Waals surface area contributed by atoms with Gasteiger partial charge in [0.1, 0.15) is 5.01 Å². The Kier molecular flexibility index (Phi) is 5.82. The molecule has 1 amide bonds. The van der Waals surface area contributed by atoms with Crippen molar-refractivity contribution in [1.29, 1.82) is 0 Å². The molecule has 0 aliphatic rings. The summed E-state index contributed by atoms with van der Waals surface area (Å²) in [6.07, 6.45) is 3.47. The quantitative estimate of drug-likeness (QED) is 0.601. The minimum absolute atomic E-state index is 0.144. The van der Waals surface area contributed by atoms with E-state index in [9.17, 15) is 4.79 Å². The number of amides is 1. The normalized spacial score (nSPS) is 11.0. The fourth-order valence-electron chi connectivity index (χ4n) is 2.17. The molecule has 0 radical (unpaired) electrons. The van der Waals surface area contributed by atoms with E-state index in [-0.39, 0.29) is 11.7 Å². The van der Waals surface area contributed by atoms with Crippen molar-refractivity contribution in [3.05, 3.63) is 23.4 Å². The Morgan fingerprint density at radius 1 is 1.32 bits per heavy atom. The molecule has 3 aromatic rings. The predicted octanol–water partition coefficient (Wildman–Crippen LogP) is 3.09. The average Bonchev–Trinajstić information content (AvgIpc) is 3.33. The second-order valence-electron chi connectivity index (χ2n) is 5.12. The van der Waals surface area contributed by atoms with Crippen molar-refractivity contribution < 1.29 is 9.21 Å². The molecule has 0 spiro atoms. The van der Waals surface area contributed by atoms with Crippen LogP contribution in [-0.2, 0) is 17.8 Å². The van der Waals surface area contributed by atoms with Gasteiger partial charge in [-0.25, -0.2) is 0 Å². The summed E-state index contributed by atoms with van der Waals surface area (Å²) in [7, 11) is 0. The number of aryl methyl sites for hydroxylation is 1. The molecule has 3 heterocycles. The van der Waals surface area contributed by atoms with Gasteiger partial charge in [-0.15, -0.1) is 20.4 Å². The van der Waals surface area contributed by atoms with Crippen LogP contribution in [0.2, 0.25) is 0 Å². The largest absolute Gasteiger partial charge is 0.461 e. The lowest BCUT2D eigenvalue weighted by molar-refractivity contribution is -0.113. The van der Waals surface area contributed by atoms with Gasteiger partial charge in [0.2, 0.25) is 11.0 Å². The summed E-state index contributed by atoms with van der Waals surface area (Å²) in [5, 5.41) is 21.3. The first-order valence-corrected chi connectivity index (χ1v) is 9.73. The van der Waals surface area contributed by atoms with Gasteiger partial charge in [0.25, 0.3) is 0 Å². The number of thioether (sulfide) groups is 1. The summed E-state index contributed by atoms with van der Waals surface area (Å²) in [6.45, 7) is 4.76. The second-order valence-corrected chi connectivity index (χ2v) is 7.12. The molecule has 3 aromatic heterocycles. The molecule has 8 nitrogen and oxygen atoms in total. The number of aromatic nitrogens is 5. The van der Waals surface area contributed by atoms with Crippen molar-refractivity contribution in [2.45, 2.75) is 38.4 Å². The Labute approximate surface area is 153 Å². The number of furan rings is 1. The van der Waals surface area contributed by atoms with Crippen LogP contribution in [0.25, 0.3) is 11.6 Å². The highest BCUT2D eigenvalue weighted by Crippen LogP contribution is 2.24. The van der Waals surface area contributed by atoms with Crippen molar-refractivity contribution in [2.75, 3.05) is 11.1 Å². The van der Waals surface area contributed by atoms with E-state index in [0.717, 1.165) is 17.8 Å². The number of carbonyl (C=O) groups is 1. The number of hydrogen-bond acceptors (Lipinski definition) is 8. The van der Waals surface area contributed by atoms with E-state index in [1.165, 1.54) is 23.1 Å². The fourth-order valence-corrected chi connectivity index (χ4v) is 3.83. The third-order valence-electron chi connectivity index (χ3n) is 3.28. The minimum Gasteiger partial charge on any atom is -0.461 e. The molecule has 0 fully saturated rings. The first-order chi connectivity index (χ1) is 12.2. The zero-order chi connectivity index (χ0) is 17.6. The van der Waals surface area contributed by atoms with Crippen molar-refractivity contribution in [2.24, 2.45) is 0 Å². The number of nitrogens with zero attached hydrogens (tertiary/aromatic N) is 5.